The van der Waals surface area contributed by atoms with Gasteiger partial charge in [-0.15, -0.1) is 0 Å². The number of Topliss-reactive ketones (excluding diaryl/α,β-unsaturated/α-hetero) is 1. The highest BCUT2D eigenvalue weighted by Gasteiger charge is 2.20. The third-order valence-corrected chi connectivity index (χ3v) is 4.55. The van der Waals surface area contributed by atoms with Gasteiger partial charge in [0, 0.05) is 11.6 Å². The lowest BCUT2D eigenvalue weighted by atomic mass is 10.0. The predicted molar refractivity (Wildman–Crippen MR) is 100 cm³/mol. The Labute approximate surface area is 153 Å². The summed E-state index contributed by atoms with van der Waals surface area (Å²) in [6, 6.07) is 13.1. The zero-order valence-electron chi connectivity index (χ0n) is 15.0. The van der Waals surface area contributed by atoms with Crippen molar-refractivity contribution in [3.8, 4) is 5.75 Å². The predicted octanol–water partition coefficient (Wildman–Crippen LogP) is 4.01. The largest absolute Gasteiger partial charge is 0.497 e. The first-order chi connectivity index (χ1) is 12.6. The summed E-state index contributed by atoms with van der Waals surface area (Å²) in [5.41, 5.74) is 3.96. The van der Waals surface area contributed by atoms with E-state index < -0.39 is 12.1 Å². The lowest BCUT2D eigenvalue weighted by Crippen LogP contribution is -2.23. The van der Waals surface area contributed by atoms with Gasteiger partial charge in [-0.05, 0) is 67.2 Å². The van der Waals surface area contributed by atoms with Crippen molar-refractivity contribution in [1.82, 2.24) is 0 Å². The number of ketones is 1. The highest BCUT2D eigenvalue weighted by Crippen LogP contribution is 2.23. The SMILES string of the molecule is COc1cccc(/C=C/C(=O)O[C@@H](C)C(=O)c2ccc3c(c2)CCC3)c1. The topological polar surface area (TPSA) is 52.6 Å². The first kappa shape index (κ1) is 17.9. The van der Waals surface area contributed by atoms with Crippen molar-refractivity contribution < 1.29 is 19.1 Å². The van der Waals surface area contributed by atoms with Gasteiger partial charge in [-0.3, -0.25) is 4.79 Å². The van der Waals surface area contributed by atoms with Crippen LogP contribution in [0.15, 0.2) is 48.5 Å². The second kappa shape index (κ2) is 8.00. The third kappa shape index (κ3) is 4.20. The van der Waals surface area contributed by atoms with E-state index in [0.717, 1.165) is 24.8 Å². The number of carbonyl (C=O) groups is 2. The van der Waals surface area contributed by atoms with Crippen LogP contribution in [0.2, 0.25) is 0 Å². The van der Waals surface area contributed by atoms with Gasteiger partial charge < -0.3 is 9.47 Å². The molecule has 2 aromatic rings. The fraction of sp³-hybridized carbons (Fsp3) is 0.273. The van der Waals surface area contributed by atoms with Gasteiger partial charge in [0.15, 0.2) is 6.10 Å². The zero-order valence-corrected chi connectivity index (χ0v) is 15.0. The smallest absolute Gasteiger partial charge is 0.331 e. The number of hydrogen-bond donors (Lipinski definition) is 0. The fourth-order valence-electron chi connectivity index (χ4n) is 3.14. The van der Waals surface area contributed by atoms with Crippen LogP contribution in [0.25, 0.3) is 6.08 Å². The minimum atomic E-state index is -0.822. The Bertz CT molecular complexity index is 851. The molecule has 0 unspecified atom stereocenters. The maximum atomic E-state index is 12.5. The molecule has 0 aromatic heterocycles. The molecule has 0 fully saturated rings. The number of fused-ring (bicyclic) bond motifs is 1. The van der Waals surface area contributed by atoms with Crippen LogP contribution in [0.5, 0.6) is 5.75 Å². The standard InChI is InChI=1S/C22H22O4/c1-15(22(24)19-11-10-17-6-4-7-18(17)14-19)26-21(23)12-9-16-5-3-8-20(13-16)25-2/h3,5,8-15H,4,6-7H2,1-2H3/b12-9+/t15-/m0/s1. The summed E-state index contributed by atoms with van der Waals surface area (Å²) >= 11 is 0. The van der Waals surface area contributed by atoms with Gasteiger partial charge >= 0.3 is 5.97 Å². The molecule has 4 nitrogen and oxygen atoms in total. The van der Waals surface area contributed by atoms with Gasteiger partial charge in [0.25, 0.3) is 0 Å². The molecule has 0 heterocycles. The van der Waals surface area contributed by atoms with E-state index in [2.05, 4.69) is 0 Å². The normalized spacial score (nSPS) is 14.1. The number of hydrogen-bond acceptors (Lipinski definition) is 4. The van der Waals surface area contributed by atoms with Crippen LogP contribution < -0.4 is 4.74 Å². The summed E-state index contributed by atoms with van der Waals surface area (Å²) < 4.78 is 10.4. The van der Waals surface area contributed by atoms with Gasteiger partial charge in [0.1, 0.15) is 5.75 Å². The van der Waals surface area contributed by atoms with Crippen molar-refractivity contribution in [2.75, 3.05) is 7.11 Å². The summed E-state index contributed by atoms with van der Waals surface area (Å²) in [7, 11) is 1.59. The van der Waals surface area contributed by atoms with E-state index in [1.54, 1.807) is 20.1 Å². The van der Waals surface area contributed by atoms with E-state index in [-0.39, 0.29) is 5.78 Å². The van der Waals surface area contributed by atoms with Crippen molar-refractivity contribution >= 4 is 17.8 Å². The average Bonchev–Trinajstić information content (AvgIpc) is 3.13. The van der Waals surface area contributed by atoms with E-state index in [1.807, 2.05) is 42.5 Å². The van der Waals surface area contributed by atoms with E-state index in [1.165, 1.54) is 17.2 Å². The number of benzene rings is 2. The Morgan fingerprint density at radius 3 is 2.69 bits per heavy atom. The van der Waals surface area contributed by atoms with Gasteiger partial charge in [0.05, 0.1) is 7.11 Å². The number of methoxy groups -OCH3 is 1. The van der Waals surface area contributed by atoms with Crippen LogP contribution in [-0.2, 0) is 22.4 Å². The molecule has 134 valence electrons. The van der Waals surface area contributed by atoms with E-state index in [0.29, 0.717) is 11.3 Å². The number of aryl methyl sites for hydroxylation is 2. The van der Waals surface area contributed by atoms with Crippen LogP contribution in [-0.4, -0.2) is 25.0 Å². The molecule has 1 atom stereocenters. The Morgan fingerprint density at radius 2 is 1.88 bits per heavy atom. The summed E-state index contributed by atoms with van der Waals surface area (Å²) in [6.45, 7) is 1.60. The van der Waals surface area contributed by atoms with Gasteiger partial charge in [-0.25, -0.2) is 4.79 Å². The molecule has 0 saturated heterocycles. The molecule has 2 aromatic carbocycles. The zero-order chi connectivity index (χ0) is 18.5. The minimum Gasteiger partial charge on any atom is -0.497 e. The molecule has 26 heavy (non-hydrogen) atoms. The van der Waals surface area contributed by atoms with Gasteiger partial charge in [-0.1, -0.05) is 24.3 Å². The number of esters is 1. The number of rotatable bonds is 6. The monoisotopic (exact) mass is 350 g/mol. The number of ether oxygens (including phenoxy) is 2. The molecule has 0 bridgehead atoms. The molecular weight excluding hydrogens is 328 g/mol. The van der Waals surface area contributed by atoms with E-state index in [4.69, 9.17) is 9.47 Å². The van der Waals surface area contributed by atoms with Crippen LogP contribution in [0.3, 0.4) is 0 Å². The molecule has 1 aliphatic rings. The molecule has 0 spiro atoms. The van der Waals surface area contributed by atoms with E-state index >= 15 is 0 Å². The Balaban J connectivity index is 1.61. The second-order valence-corrected chi connectivity index (χ2v) is 6.39. The quantitative estimate of drug-likeness (QED) is 0.449. The summed E-state index contributed by atoms with van der Waals surface area (Å²) in [5.74, 6) is -0.0154. The van der Waals surface area contributed by atoms with Crippen LogP contribution >= 0.6 is 0 Å². The minimum absolute atomic E-state index is 0.178. The summed E-state index contributed by atoms with van der Waals surface area (Å²) in [5, 5.41) is 0. The first-order valence-electron chi connectivity index (χ1n) is 8.75. The van der Waals surface area contributed by atoms with Crippen molar-refractivity contribution in [3.05, 3.63) is 70.8 Å². The second-order valence-electron chi connectivity index (χ2n) is 6.39. The number of carbonyl (C=O) groups excluding carboxylic acids is 2. The molecular formula is C22H22O4. The molecule has 0 saturated carbocycles. The highest BCUT2D eigenvalue weighted by molar-refractivity contribution is 6.01. The molecule has 3 rings (SSSR count). The Kier molecular flexibility index (Phi) is 5.52. The van der Waals surface area contributed by atoms with Crippen molar-refractivity contribution in [2.45, 2.75) is 32.3 Å². The average molecular weight is 350 g/mol. The van der Waals surface area contributed by atoms with Gasteiger partial charge in [0.2, 0.25) is 5.78 Å². The van der Waals surface area contributed by atoms with Crippen LogP contribution in [0, 0.1) is 0 Å². The van der Waals surface area contributed by atoms with Crippen molar-refractivity contribution in [3.63, 3.8) is 0 Å². The molecule has 4 heteroatoms. The highest BCUT2D eigenvalue weighted by atomic mass is 16.5. The van der Waals surface area contributed by atoms with Crippen molar-refractivity contribution in [1.29, 1.82) is 0 Å². The van der Waals surface area contributed by atoms with Crippen LogP contribution in [0.1, 0.15) is 40.4 Å². The maximum Gasteiger partial charge on any atom is 0.331 e. The third-order valence-electron chi connectivity index (χ3n) is 4.55. The molecule has 0 amide bonds. The lowest BCUT2D eigenvalue weighted by molar-refractivity contribution is -0.140. The van der Waals surface area contributed by atoms with Crippen molar-refractivity contribution in [2.24, 2.45) is 0 Å². The summed E-state index contributed by atoms with van der Waals surface area (Å²) in [4.78, 5) is 24.5. The summed E-state index contributed by atoms with van der Waals surface area (Å²) in [6.07, 6.45) is 5.35. The van der Waals surface area contributed by atoms with Gasteiger partial charge in [-0.2, -0.15) is 0 Å². The first-order valence-corrected chi connectivity index (χ1v) is 8.75. The lowest BCUT2D eigenvalue weighted by Gasteiger charge is -2.12. The Morgan fingerprint density at radius 1 is 1.08 bits per heavy atom. The molecule has 0 N–H and O–H groups in total. The van der Waals surface area contributed by atoms with Crippen LogP contribution in [0.4, 0.5) is 0 Å². The molecule has 0 radical (unpaired) electrons. The fourth-order valence-corrected chi connectivity index (χ4v) is 3.14. The maximum absolute atomic E-state index is 12.5. The Hall–Kier alpha value is -2.88. The molecule has 1 aliphatic carbocycles. The van der Waals surface area contributed by atoms with E-state index in [9.17, 15) is 9.59 Å². The molecule has 0 aliphatic heterocycles.